The molecule has 0 spiro atoms. The molecule has 0 saturated carbocycles. The van der Waals surface area contributed by atoms with E-state index in [0.29, 0.717) is 0 Å². The van der Waals surface area contributed by atoms with Crippen LogP contribution in [0, 0.1) is 11.8 Å². The van der Waals surface area contributed by atoms with Gasteiger partial charge in [-0.05, 0) is 12.3 Å². The molecule has 6 heteroatoms. The van der Waals surface area contributed by atoms with Crippen molar-refractivity contribution in [2.45, 2.75) is 90.9 Å². The number of hydrogen-bond acceptors (Lipinski definition) is 5. The van der Waals surface area contributed by atoms with Crippen LogP contribution in [0.3, 0.4) is 0 Å². The number of carbonyl (C=O) groups excluding carboxylic acids is 2. The zero-order valence-electron chi connectivity index (χ0n) is 17.5. The summed E-state index contributed by atoms with van der Waals surface area (Å²) in [6.45, 7) is 3.98. The Balaban J connectivity index is 0.00000676. The number of carbonyl (C=O) groups is 2. The Kier molecular flexibility index (Phi) is 15.3. The van der Waals surface area contributed by atoms with Gasteiger partial charge in [-0.3, -0.25) is 9.59 Å². The molecule has 0 aromatic carbocycles. The number of rotatable bonds is 15. The molecule has 0 radical (unpaired) electrons. The number of ketones is 1. The Hall–Kier alpha value is -0.360. The van der Waals surface area contributed by atoms with Gasteiger partial charge in [0.2, 0.25) is 0 Å². The third-order valence-corrected chi connectivity index (χ3v) is 4.94. The van der Waals surface area contributed by atoms with Crippen LogP contribution in [0.4, 0.5) is 0 Å². The minimum absolute atomic E-state index is 0. The van der Waals surface area contributed by atoms with E-state index in [0.717, 1.165) is 25.2 Å². The first-order valence-corrected chi connectivity index (χ1v) is 10.2. The molecule has 27 heavy (non-hydrogen) atoms. The molecule has 1 aliphatic rings. The Morgan fingerprint density at radius 1 is 0.963 bits per heavy atom. The molecule has 2 N–H and O–H groups in total. The fourth-order valence-corrected chi connectivity index (χ4v) is 3.31. The average molecular weight is 392 g/mol. The molecule has 0 aliphatic carbocycles. The van der Waals surface area contributed by atoms with Gasteiger partial charge in [0.05, 0.1) is 0 Å². The van der Waals surface area contributed by atoms with Crippen molar-refractivity contribution in [1.82, 2.24) is 0 Å². The topological polar surface area (TPSA) is 83.8 Å². The molecule has 0 amide bonds. The minimum atomic E-state index is -1.23. The molecule has 150 valence electrons. The van der Waals surface area contributed by atoms with Crippen LogP contribution in [0.25, 0.3) is 0 Å². The van der Waals surface area contributed by atoms with Crippen LogP contribution in [-0.2, 0) is 14.3 Å². The average Bonchev–Trinajstić information content (AvgIpc) is 2.89. The van der Waals surface area contributed by atoms with Gasteiger partial charge in [0.25, 0.3) is 0 Å². The molecular formula is C21H36NaO5+. The van der Waals surface area contributed by atoms with E-state index in [2.05, 4.69) is 13.8 Å². The summed E-state index contributed by atoms with van der Waals surface area (Å²) in [5.74, 6) is -2.12. The summed E-state index contributed by atoms with van der Waals surface area (Å²) < 4.78 is 4.69. The van der Waals surface area contributed by atoms with Gasteiger partial charge in [-0.1, -0.05) is 78.1 Å². The Morgan fingerprint density at radius 2 is 1.44 bits per heavy atom. The standard InChI is InChI=1S/C21H36O5.Na/c1-16(2)13-11-9-7-5-3-4-6-8-10-12-14-17(23)19-20(24)18(15-22)26-21(19)25;/h16,19,22,24H,3-15H2,1-2H3;/q;+1. The van der Waals surface area contributed by atoms with Crippen molar-refractivity contribution in [3.63, 3.8) is 0 Å². The van der Waals surface area contributed by atoms with Gasteiger partial charge >= 0.3 is 35.5 Å². The van der Waals surface area contributed by atoms with E-state index in [1.165, 1.54) is 51.4 Å². The van der Waals surface area contributed by atoms with Crippen molar-refractivity contribution in [3.05, 3.63) is 11.5 Å². The number of unbranched alkanes of at least 4 members (excludes halogenated alkanes) is 9. The van der Waals surface area contributed by atoms with Crippen molar-refractivity contribution in [2.24, 2.45) is 11.8 Å². The van der Waals surface area contributed by atoms with Crippen molar-refractivity contribution in [2.75, 3.05) is 6.61 Å². The first kappa shape index (κ1) is 26.6. The zero-order valence-corrected chi connectivity index (χ0v) is 19.5. The van der Waals surface area contributed by atoms with Gasteiger partial charge in [-0.15, -0.1) is 0 Å². The molecule has 0 fully saturated rings. The number of hydrogen-bond donors (Lipinski definition) is 2. The fraction of sp³-hybridized carbons (Fsp3) is 0.810. The molecule has 5 nitrogen and oxygen atoms in total. The number of cyclic esters (lactones) is 1. The van der Waals surface area contributed by atoms with Crippen LogP contribution in [0.1, 0.15) is 90.9 Å². The molecular weight excluding hydrogens is 355 g/mol. The van der Waals surface area contributed by atoms with E-state index in [1.54, 1.807) is 0 Å². The zero-order chi connectivity index (χ0) is 19.4. The summed E-state index contributed by atoms with van der Waals surface area (Å²) in [4.78, 5) is 23.6. The van der Waals surface area contributed by atoms with Crippen molar-refractivity contribution in [3.8, 4) is 0 Å². The first-order chi connectivity index (χ1) is 12.5. The molecule has 1 atom stereocenters. The summed E-state index contributed by atoms with van der Waals surface area (Å²) in [5.41, 5.74) is 0. The second kappa shape index (κ2) is 15.5. The molecule has 0 bridgehead atoms. The predicted molar refractivity (Wildman–Crippen MR) is 102 cm³/mol. The smallest absolute Gasteiger partial charge is 0.507 e. The third-order valence-electron chi connectivity index (χ3n) is 4.94. The molecule has 0 aromatic heterocycles. The summed E-state index contributed by atoms with van der Waals surface area (Å²) in [7, 11) is 0. The van der Waals surface area contributed by atoms with E-state index in [1.807, 2.05) is 0 Å². The molecule has 1 aliphatic heterocycles. The van der Waals surface area contributed by atoms with Gasteiger partial charge in [0, 0.05) is 6.42 Å². The maximum absolute atomic E-state index is 12.1. The van der Waals surface area contributed by atoms with Crippen molar-refractivity contribution < 1.29 is 54.1 Å². The van der Waals surface area contributed by atoms with Gasteiger partial charge < -0.3 is 14.9 Å². The SMILES string of the molecule is CC(C)CCCCCCCCCCCCC(=O)C1C(=O)OC(CO)=C1O.[Na+]. The monoisotopic (exact) mass is 391 g/mol. The minimum Gasteiger partial charge on any atom is -0.507 e. The second-order valence-corrected chi connectivity index (χ2v) is 7.76. The largest absolute Gasteiger partial charge is 1.00 e. The molecule has 1 rings (SSSR count). The Labute approximate surface area is 186 Å². The predicted octanol–water partition coefficient (Wildman–Crippen LogP) is 1.83. The van der Waals surface area contributed by atoms with E-state index in [-0.39, 0.29) is 47.5 Å². The molecule has 0 saturated heterocycles. The third kappa shape index (κ3) is 10.7. The summed E-state index contributed by atoms with van der Waals surface area (Å²) in [5, 5.41) is 18.7. The van der Waals surface area contributed by atoms with E-state index in [9.17, 15) is 14.7 Å². The maximum atomic E-state index is 12.1. The van der Waals surface area contributed by atoms with Crippen LogP contribution in [-0.4, -0.2) is 28.6 Å². The van der Waals surface area contributed by atoms with Crippen LogP contribution in [0.2, 0.25) is 0 Å². The molecule has 1 unspecified atom stereocenters. The molecule has 1 heterocycles. The molecule has 0 aromatic rings. The number of Topliss-reactive ketones (excluding diaryl/α,β-unsaturated/α-hetero) is 1. The summed E-state index contributed by atoms with van der Waals surface area (Å²) in [6.07, 6.45) is 13.5. The first-order valence-electron chi connectivity index (χ1n) is 10.2. The van der Waals surface area contributed by atoms with E-state index >= 15 is 0 Å². The van der Waals surface area contributed by atoms with Gasteiger partial charge in [0.1, 0.15) is 6.61 Å². The van der Waals surface area contributed by atoms with Gasteiger partial charge in [-0.25, -0.2) is 0 Å². The van der Waals surface area contributed by atoms with Crippen LogP contribution >= 0.6 is 0 Å². The number of aliphatic hydroxyl groups is 2. The Morgan fingerprint density at radius 3 is 1.89 bits per heavy atom. The number of esters is 1. The Bertz CT molecular complexity index is 473. The van der Waals surface area contributed by atoms with Crippen LogP contribution < -0.4 is 29.6 Å². The van der Waals surface area contributed by atoms with Crippen molar-refractivity contribution in [1.29, 1.82) is 0 Å². The van der Waals surface area contributed by atoms with E-state index in [4.69, 9.17) is 9.84 Å². The second-order valence-electron chi connectivity index (χ2n) is 7.76. The summed E-state index contributed by atoms with van der Waals surface area (Å²) in [6, 6.07) is 0. The van der Waals surface area contributed by atoms with Crippen LogP contribution in [0.15, 0.2) is 11.5 Å². The van der Waals surface area contributed by atoms with Gasteiger partial charge in [0.15, 0.2) is 23.2 Å². The fourth-order valence-electron chi connectivity index (χ4n) is 3.31. The van der Waals surface area contributed by atoms with Crippen molar-refractivity contribution >= 4 is 11.8 Å². The number of aliphatic hydroxyl groups excluding tert-OH is 2. The quantitative estimate of drug-likeness (QED) is 0.193. The van der Waals surface area contributed by atoms with Crippen LogP contribution in [0.5, 0.6) is 0 Å². The number of ether oxygens (including phenoxy) is 1. The normalized spacial score (nSPS) is 16.6. The maximum Gasteiger partial charge on any atom is 1.00 e. The van der Waals surface area contributed by atoms with E-state index < -0.39 is 24.3 Å². The van der Waals surface area contributed by atoms with Gasteiger partial charge in [-0.2, -0.15) is 0 Å². The summed E-state index contributed by atoms with van der Waals surface area (Å²) >= 11 is 0.